The van der Waals surface area contributed by atoms with E-state index in [2.05, 4.69) is 41.5 Å². The van der Waals surface area contributed by atoms with Crippen molar-refractivity contribution in [1.82, 2.24) is 15.5 Å². The van der Waals surface area contributed by atoms with Gasteiger partial charge in [0.2, 0.25) is 11.8 Å². The van der Waals surface area contributed by atoms with Gasteiger partial charge >= 0.3 is 5.97 Å². The smallest absolute Gasteiger partial charge is 0.306 e. The summed E-state index contributed by atoms with van der Waals surface area (Å²) in [6.45, 7) is 5.14. The Balaban J connectivity index is 1.35. The molecule has 30 heavy (non-hydrogen) atoms. The molecule has 1 heterocycles. The third-order valence-corrected chi connectivity index (χ3v) is 5.55. The van der Waals surface area contributed by atoms with Gasteiger partial charge in [-0.1, -0.05) is 38.1 Å². The van der Waals surface area contributed by atoms with E-state index in [-0.39, 0.29) is 12.0 Å². The minimum Gasteiger partial charge on any atom is -0.481 e. The number of hydrogen-bond donors (Lipinski definition) is 2. The number of nitrogens with one attached hydrogen (secondary N) is 1. The van der Waals surface area contributed by atoms with E-state index in [1.54, 1.807) is 0 Å². The summed E-state index contributed by atoms with van der Waals surface area (Å²) in [6.07, 6.45) is 2.46. The third-order valence-electron chi connectivity index (χ3n) is 5.55. The zero-order valence-electron chi connectivity index (χ0n) is 17.3. The average molecular weight is 405 g/mol. The molecule has 156 valence electrons. The largest absolute Gasteiger partial charge is 0.481 e. The minimum absolute atomic E-state index is 0.192. The fraction of sp³-hybridized carbons (Fsp3) is 0.375. The molecule has 0 aliphatic heterocycles. The maximum atomic E-state index is 10.9. The molecule has 4 rings (SSSR count). The Morgan fingerprint density at radius 2 is 1.53 bits per heavy atom. The Kier molecular flexibility index (Phi) is 5.95. The summed E-state index contributed by atoms with van der Waals surface area (Å²) in [5.74, 6) is 0.758. The highest BCUT2D eigenvalue weighted by molar-refractivity contribution is 5.71. The van der Waals surface area contributed by atoms with Gasteiger partial charge < -0.3 is 14.8 Å². The molecule has 0 bridgehead atoms. The number of carboxylic acid groups (broad SMARTS) is 1. The summed E-state index contributed by atoms with van der Waals surface area (Å²) in [7, 11) is 0. The maximum Gasteiger partial charge on any atom is 0.306 e. The van der Waals surface area contributed by atoms with E-state index in [9.17, 15) is 4.79 Å². The summed E-state index contributed by atoms with van der Waals surface area (Å²) < 4.78 is 5.88. The molecule has 1 fully saturated rings. The molecule has 0 radical (unpaired) electrons. The average Bonchev–Trinajstić information content (AvgIpc) is 3.17. The first-order chi connectivity index (χ1) is 14.5. The minimum atomic E-state index is -0.692. The van der Waals surface area contributed by atoms with Gasteiger partial charge in [-0.2, -0.15) is 0 Å². The molecule has 0 amide bonds. The van der Waals surface area contributed by atoms with Crippen LogP contribution in [0.25, 0.3) is 22.9 Å². The Morgan fingerprint density at radius 1 is 1.00 bits per heavy atom. The van der Waals surface area contributed by atoms with Gasteiger partial charge in [0.1, 0.15) is 0 Å². The van der Waals surface area contributed by atoms with Crippen LogP contribution in [0.4, 0.5) is 0 Å². The maximum absolute atomic E-state index is 10.9. The Bertz CT molecular complexity index is 987. The molecule has 0 spiro atoms. The van der Waals surface area contributed by atoms with E-state index >= 15 is 0 Å². The van der Waals surface area contributed by atoms with E-state index < -0.39 is 5.97 Å². The number of rotatable bonds is 8. The summed E-state index contributed by atoms with van der Waals surface area (Å²) >= 11 is 0. The quantitative estimate of drug-likeness (QED) is 0.571. The molecular formula is C24H27N3O3. The van der Waals surface area contributed by atoms with E-state index in [1.165, 1.54) is 5.56 Å². The lowest BCUT2D eigenvalue weighted by Crippen LogP contribution is -2.43. The molecule has 1 saturated carbocycles. The second kappa shape index (κ2) is 8.79. The van der Waals surface area contributed by atoms with Crippen LogP contribution in [0.1, 0.15) is 37.8 Å². The van der Waals surface area contributed by atoms with Crippen molar-refractivity contribution in [1.29, 1.82) is 0 Å². The molecule has 3 aromatic rings. The number of carboxylic acids is 1. The van der Waals surface area contributed by atoms with Crippen molar-refractivity contribution in [3.8, 4) is 22.9 Å². The standard InChI is InChI=1S/C24H27N3O3/c1-15(2)11-16-3-7-18(8-4-16)22-26-27-23(30-22)19-9-5-17(6-10-19)14-25-21-12-20(13-21)24(28)29/h3-10,15,20-21,25H,11-14H2,1-2H3,(H,28,29)/t20-,21+. The zero-order valence-corrected chi connectivity index (χ0v) is 17.3. The molecule has 1 aliphatic rings. The van der Waals surface area contributed by atoms with Crippen LogP contribution in [-0.2, 0) is 17.8 Å². The van der Waals surface area contributed by atoms with Crippen LogP contribution in [0.2, 0.25) is 0 Å². The first-order valence-corrected chi connectivity index (χ1v) is 10.5. The molecule has 0 atom stereocenters. The normalized spacial score (nSPS) is 18.4. The number of benzene rings is 2. The van der Waals surface area contributed by atoms with Gasteiger partial charge in [-0.25, -0.2) is 0 Å². The summed E-state index contributed by atoms with van der Waals surface area (Å²) in [5, 5.41) is 20.7. The Morgan fingerprint density at radius 3 is 2.03 bits per heavy atom. The SMILES string of the molecule is CC(C)Cc1ccc(-c2nnc(-c3ccc(CN[C@H]4C[C@@H](C(=O)O)C4)cc3)o2)cc1. The van der Waals surface area contributed by atoms with E-state index in [4.69, 9.17) is 9.52 Å². The van der Waals surface area contributed by atoms with Crippen LogP contribution in [0.15, 0.2) is 52.9 Å². The van der Waals surface area contributed by atoms with Crippen molar-refractivity contribution >= 4 is 5.97 Å². The lowest BCUT2D eigenvalue weighted by atomic mass is 9.80. The molecule has 0 unspecified atom stereocenters. The monoisotopic (exact) mass is 405 g/mol. The zero-order chi connectivity index (χ0) is 21.1. The third kappa shape index (κ3) is 4.76. The van der Waals surface area contributed by atoms with Crippen molar-refractivity contribution in [2.45, 2.75) is 45.7 Å². The molecule has 6 heteroatoms. The van der Waals surface area contributed by atoms with Gasteiger partial charge in [0.05, 0.1) is 5.92 Å². The molecule has 1 aromatic heterocycles. The number of aliphatic carboxylic acids is 1. The van der Waals surface area contributed by atoms with Gasteiger partial charge in [0.15, 0.2) is 0 Å². The van der Waals surface area contributed by atoms with E-state index in [1.807, 2.05) is 36.4 Å². The predicted molar refractivity (Wildman–Crippen MR) is 115 cm³/mol. The van der Waals surface area contributed by atoms with Crippen LogP contribution < -0.4 is 5.32 Å². The highest BCUT2D eigenvalue weighted by Crippen LogP contribution is 2.28. The van der Waals surface area contributed by atoms with Gasteiger partial charge in [-0.05, 0) is 60.6 Å². The second-order valence-corrected chi connectivity index (χ2v) is 8.49. The van der Waals surface area contributed by atoms with Gasteiger partial charge in [0, 0.05) is 23.7 Å². The van der Waals surface area contributed by atoms with Gasteiger partial charge in [-0.15, -0.1) is 10.2 Å². The van der Waals surface area contributed by atoms with Crippen molar-refractivity contribution in [2.24, 2.45) is 11.8 Å². The highest BCUT2D eigenvalue weighted by atomic mass is 16.4. The van der Waals surface area contributed by atoms with E-state index in [0.717, 1.165) is 29.7 Å². The van der Waals surface area contributed by atoms with Crippen molar-refractivity contribution in [3.05, 3.63) is 59.7 Å². The molecule has 1 aliphatic carbocycles. The van der Waals surface area contributed by atoms with Crippen LogP contribution >= 0.6 is 0 Å². The number of carbonyl (C=O) groups is 1. The molecule has 6 nitrogen and oxygen atoms in total. The molecular weight excluding hydrogens is 378 g/mol. The van der Waals surface area contributed by atoms with Crippen molar-refractivity contribution < 1.29 is 14.3 Å². The Hall–Kier alpha value is -2.99. The second-order valence-electron chi connectivity index (χ2n) is 8.49. The predicted octanol–water partition coefficient (Wildman–Crippen LogP) is 4.55. The number of nitrogens with zero attached hydrogens (tertiary/aromatic N) is 2. The summed E-state index contributed by atoms with van der Waals surface area (Å²) in [4.78, 5) is 10.9. The number of aromatic nitrogens is 2. The lowest BCUT2D eigenvalue weighted by molar-refractivity contribution is -0.145. The van der Waals surface area contributed by atoms with Crippen molar-refractivity contribution in [2.75, 3.05) is 0 Å². The van der Waals surface area contributed by atoms with E-state index in [0.29, 0.717) is 30.5 Å². The number of hydrogen-bond acceptors (Lipinski definition) is 5. The highest BCUT2D eigenvalue weighted by Gasteiger charge is 2.33. The van der Waals surface area contributed by atoms with Crippen LogP contribution in [0.5, 0.6) is 0 Å². The fourth-order valence-corrected chi connectivity index (χ4v) is 3.72. The fourth-order valence-electron chi connectivity index (χ4n) is 3.72. The first kappa shape index (κ1) is 20.3. The topological polar surface area (TPSA) is 88.2 Å². The van der Waals surface area contributed by atoms with Crippen LogP contribution in [0.3, 0.4) is 0 Å². The molecule has 2 aromatic carbocycles. The first-order valence-electron chi connectivity index (χ1n) is 10.5. The Labute approximate surface area is 176 Å². The van der Waals surface area contributed by atoms with Crippen LogP contribution in [0, 0.1) is 11.8 Å². The summed E-state index contributed by atoms with van der Waals surface area (Å²) in [5.41, 5.74) is 4.24. The molecule has 2 N–H and O–H groups in total. The summed E-state index contributed by atoms with van der Waals surface area (Å²) in [6, 6.07) is 16.6. The molecule has 0 saturated heterocycles. The van der Waals surface area contributed by atoms with Crippen LogP contribution in [-0.4, -0.2) is 27.3 Å². The lowest BCUT2D eigenvalue weighted by Gasteiger charge is -2.33. The van der Waals surface area contributed by atoms with Gasteiger partial charge in [-0.3, -0.25) is 4.79 Å². The van der Waals surface area contributed by atoms with Gasteiger partial charge in [0.25, 0.3) is 0 Å². The van der Waals surface area contributed by atoms with Crippen molar-refractivity contribution in [3.63, 3.8) is 0 Å².